The summed E-state index contributed by atoms with van der Waals surface area (Å²) in [6.45, 7) is 7.81. The Morgan fingerprint density at radius 2 is 1.83 bits per heavy atom. The third kappa shape index (κ3) is 6.72. The van der Waals surface area contributed by atoms with E-state index < -0.39 is 5.60 Å². The molecule has 5 heteroatoms. The van der Waals surface area contributed by atoms with Crippen molar-refractivity contribution in [1.29, 1.82) is 0 Å². The Balaban J connectivity index is 2.70. The van der Waals surface area contributed by atoms with E-state index in [2.05, 4.69) is 0 Å². The second-order valence-corrected chi connectivity index (χ2v) is 6.78. The van der Waals surface area contributed by atoms with Crippen molar-refractivity contribution >= 4 is 12.1 Å². The number of nitrogens with zero attached hydrogens (tertiary/aromatic N) is 1. The van der Waals surface area contributed by atoms with Crippen LogP contribution in [-0.2, 0) is 27.2 Å². The summed E-state index contributed by atoms with van der Waals surface area (Å²) in [5.74, 6) is -0.417. The summed E-state index contributed by atoms with van der Waals surface area (Å²) in [5, 5.41) is 0. The van der Waals surface area contributed by atoms with E-state index in [9.17, 15) is 9.59 Å². The largest absolute Gasteiger partial charge is 0.469 e. The maximum absolute atomic E-state index is 12.0. The molecule has 1 rings (SSSR count). The van der Waals surface area contributed by atoms with Crippen molar-refractivity contribution in [3.05, 3.63) is 35.4 Å². The molecule has 0 radical (unpaired) electrons. The van der Waals surface area contributed by atoms with Crippen LogP contribution >= 0.6 is 0 Å². The molecule has 0 heterocycles. The van der Waals surface area contributed by atoms with E-state index >= 15 is 0 Å². The minimum absolute atomic E-state index is 0.196. The van der Waals surface area contributed by atoms with Crippen molar-refractivity contribution < 1.29 is 19.1 Å². The SMILES string of the molecule is COC(=O)C(C)Cc1cccc(CN(C)C(=O)OC(C)(C)C)c1. The summed E-state index contributed by atoms with van der Waals surface area (Å²) in [6.07, 6.45) is 0.252. The van der Waals surface area contributed by atoms with Crippen LogP contribution in [0.2, 0.25) is 0 Å². The van der Waals surface area contributed by atoms with Crippen LogP contribution in [-0.4, -0.2) is 36.7 Å². The number of carbonyl (C=O) groups is 2. The van der Waals surface area contributed by atoms with E-state index in [1.54, 1.807) is 7.05 Å². The molecule has 0 saturated carbocycles. The molecule has 0 fully saturated rings. The Hall–Kier alpha value is -2.04. The first kappa shape index (κ1) is 19.0. The molecule has 1 atom stereocenters. The lowest BCUT2D eigenvalue weighted by Crippen LogP contribution is -2.33. The Morgan fingerprint density at radius 1 is 1.22 bits per heavy atom. The van der Waals surface area contributed by atoms with Crippen LogP contribution in [0.5, 0.6) is 0 Å². The van der Waals surface area contributed by atoms with Gasteiger partial charge in [-0.15, -0.1) is 0 Å². The Labute approximate surface area is 138 Å². The molecular formula is C18H27NO4. The van der Waals surface area contributed by atoms with Crippen molar-refractivity contribution in [2.24, 2.45) is 5.92 Å². The number of hydrogen-bond donors (Lipinski definition) is 0. The molecule has 0 aliphatic heterocycles. The molecule has 1 amide bonds. The first-order valence-corrected chi connectivity index (χ1v) is 7.72. The summed E-state index contributed by atoms with van der Waals surface area (Å²) in [4.78, 5) is 25.0. The molecule has 0 spiro atoms. The topological polar surface area (TPSA) is 55.8 Å². The number of methoxy groups -OCH3 is 1. The van der Waals surface area contributed by atoms with Gasteiger partial charge in [-0.05, 0) is 38.3 Å². The molecule has 23 heavy (non-hydrogen) atoms. The van der Waals surface area contributed by atoms with E-state index in [4.69, 9.17) is 9.47 Å². The molecule has 0 aliphatic rings. The number of rotatable bonds is 5. The minimum Gasteiger partial charge on any atom is -0.469 e. The summed E-state index contributed by atoms with van der Waals surface area (Å²) < 4.78 is 10.1. The molecule has 1 aromatic carbocycles. The number of esters is 1. The third-order valence-electron chi connectivity index (χ3n) is 3.26. The van der Waals surface area contributed by atoms with E-state index in [0.717, 1.165) is 11.1 Å². The zero-order valence-electron chi connectivity index (χ0n) is 14.9. The summed E-state index contributed by atoms with van der Waals surface area (Å²) >= 11 is 0. The van der Waals surface area contributed by atoms with Crippen LogP contribution in [0.4, 0.5) is 4.79 Å². The fourth-order valence-corrected chi connectivity index (χ4v) is 2.17. The van der Waals surface area contributed by atoms with Crippen molar-refractivity contribution in [1.82, 2.24) is 4.90 Å². The van der Waals surface area contributed by atoms with E-state index in [1.165, 1.54) is 12.0 Å². The van der Waals surface area contributed by atoms with Crippen molar-refractivity contribution in [3.8, 4) is 0 Å². The maximum atomic E-state index is 12.0. The maximum Gasteiger partial charge on any atom is 0.410 e. The van der Waals surface area contributed by atoms with Crippen LogP contribution in [0.25, 0.3) is 0 Å². The number of carbonyl (C=O) groups excluding carboxylic acids is 2. The molecule has 0 aromatic heterocycles. The fourth-order valence-electron chi connectivity index (χ4n) is 2.17. The van der Waals surface area contributed by atoms with Gasteiger partial charge in [0.2, 0.25) is 0 Å². The van der Waals surface area contributed by atoms with Crippen LogP contribution in [0.3, 0.4) is 0 Å². The highest BCUT2D eigenvalue weighted by molar-refractivity contribution is 5.72. The number of ether oxygens (including phenoxy) is 2. The smallest absolute Gasteiger partial charge is 0.410 e. The molecule has 1 unspecified atom stereocenters. The lowest BCUT2D eigenvalue weighted by atomic mass is 9.99. The third-order valence-corrected chi connectivity index (χ3v) is 3.26. The van der Waals surface area contributed by atoms with Gasteiger partial charge in [-0.3, -0.25) is 4.79 Å². The van der Waals surface area contributed by atoms with Gasteiger partial charge in [0.1, 0.15) is 5.60 Å². The molecule has 0 saturated heterocycles. The van der Waals surface area contributed by atoms with Crippen LogP contribution in [0.15, 0.2) is 24.3 Å². The zero-order chi connectivity index (χ0) is 17.6. The molecule has 0 bridgehead atoms. The second kappa shape index (κ2) is 7.99. The molecule has 0 N–H and O–H groups in total. The van der Waals surface area contributed by atoms with Crippen molar-refractivity contribution in [3.63, 3.8) is 0 Å². The summed E-state index contributed by atoms with van der Waals surface area (Å²) in [5.41, 5.74) is 1.52. The normalized spacial score (nSPS) is 12.4. The highest BCUT2D eigenvalue weighted by Crippen LogP contribution is 2.15. The highest BCUT2D eigenvalue weighted by atomic mass is 16.6. The van der Waals surface area contributed by atoms with Gasteiger partial charge in [-0.25, -0.2) is 4.79 Å². The number of benzene rings is 1. The molecule has 128 valence electrons. The van der Waals surface area contributed by atoms with Gasteiger partial charge < -0.3 is 14.4 Å². The Morgan fingerprint density at radius 3 is 2.39 bits per heavy atom. The summed E-state index contributed by atoms with van der Waals surface area (Å²) in [6, 6.07) is 7.85. The number of hydrogen-bond acceptors (Lipinski definition) is 4. The van der Waals surface area contributed by atoms with Crippen LogP contribution in [0, 0.1) is 5.92 Å². The standard InChI is InChI=1S/C18H27NO4/c1-13(16(20)22-6)10-14-8-7-9-15(11-14)12-19(5)17(21)23-18(2,3)4/h7-9,11,13H,10,12H2,1-6H3. The monoisotopic (exact) mass is 321 g/mol. The first-order chi connectivity index (χ1) is 10.6. The summed E-state index contributed by atoms with van der Waals surface area (Å²) in [7, 11) is 3.10. The van der Waals surface area contributed by atoms with Gasteiger partial charge in [0.05, 0.1) is 13.0 Å². The second-order valence-electron chi connectivity index (χ2n) is 6.78. The van der Waals surface area contributed by atoms with Crippen LogP contribution < -0.4 is 0 Å². The first-order valence-electron chi connectivity index (χ1n) is 7.72. The van der Waals surface area contributed by atoms with E-state index in [-0.39, 0.29) is 18.0 Å². The average Bonchev–Trinajstić information content (AvgIpc) is 2.44. The van der Waals surface area contributed by atoms with E-state index in [1.807, 2.05) is 52.0 Å². The van der Waals surface area contributed by atoms with Gasteiger partial charge in [0.15, 0.2) is 0 Å². The van der Waals surface area contributed by atoms with Gasteiger partial charge in [-0.2, -0.15) is 0 Å². The average molecular weight is 321 g/mol. The predicted octanol–water partition coefficient (Wildman–Crippen LogP) is 3.41. The van der Waals surface area contributed by atoms with Crippen LogP contribution in [0.1, 0.15) is 38.8 Å². The minimum atomic E-state index is -0.511. The van der Waals surface area contributed by atoms with Gasteiger partial charge in [-0.1, -0.05) is 31.2 Å². The zero-order valence-corrected chi connectivity index (χ0v) is 14.9. The molecular weight excluding hydrogens is 294 g/mol. The quantitative estimate of drug-likeness (QED) is 0.780. The molecule has 5 nitrogen and oxygen atoms in total. The van der Waals surface area contributed by atoms with Gasteiger partial charge in [0, 0.05) is 13.6 Å². The lowest BCUT2D eigenvalue weighted by molar-refractivity contribution is -0.144. The van der Waals surface area contributed by atoms with Gasteiger partial charge in [0.25, 0.3) is 0 Å². The van der Waals surface area contributed by atoms with E-state index in [0.29, 0.717) is 13.0 Å². The Kier molecular flexibility index (Phi) is 6.61. The lowest BCUT2D eigenvalue weighted by Gasteiger charge is -2.24. The molecule has 0 aliphatic carbocycles. The van der Waals surface area contributed by atoms with Crippen molar-refractivity contribution in [2.45, 2.75) is 46.3 Å². The predicted molar refractivity (Wildman–Crippen MR) is 89.0 cm³/mol. The molecule has 1 aromatic rings. The van der Waals surface area contributed by atoms with Crippen molar-refractivity contribution in [2.75, 3.05) is 14.2 Å². The number of amides is 1. The Bertz CT molecular complexity index is 548. The highest BCUT2D eigenvalue weighted by Gasteiger charge is 2.20. The fraction of sp³-hybridized carbons (Fsp3) is 0.556. The van der Waals surface area contributed by atoms with Gasteiger partial charge >= 0.3 is 12.1 Å².